The Bertz CT molecular complexity index is 1560. The van der Waals surface area contributed by atoms with E-state index in [0.29, 0.717) is 17.4 Å². The number of hydrogen-bond acceptors (Lipinski definition) is 5. The lowest BCUT2D eigenvalue weighted by molar-refractivity contribution is -0.870. The minimum absolute atomic E-state index is 0.0557. The van der Waals surface area contributed by atoms with Crippen molar-refractivity contribution in [2.75, 3.05) is 40.9 Å². The molecule has 0 fully saturated rings. The molecule has 0 heterocycles. The number of allylic oxidation sites excluding steroid dienone is 19. The first-order chi connectivity index (χ1) is 34.5. The van der Waals surface area contributed by atoms with Crippen molar-refractivity contribution >= 4 is 13.7 Å². The zero-order chi connectivity index (χ0) is 52.0. The lowest BCUT2D eigenvalue weighted by Crippen LogP contribution is -2.45. The van der Waals surface area contributed by atoms with E-state index in [1.807, 2.05) is 27.2 Å². The van der Waals surface area contributed by atoms with E-state index < -0.39 is 20.0 Å². The Kier molecular flexibility index (Phi) is 49.5. The van der Waals surface area contributed by atoms with E-state index in [4.69, 9.17) is 9.05 Å². The molecule has 0 saturated heterocycles. The number of likely N-dealkylation sites (N-methyl/N-ethyl adjacent to an activating group) is 1. The van der Waals surface area contributed by atoms with E-state index in [2.05, 4.69) is 129 Å². The number of rotatable bonds is 50. The molecule has 9 heteroatoms. The van der Waals surface area contributed by atoms with Crippen molar-refractivity contribution in [3.63, 3.8) is 0 Å². The lowest BCUT2D eigenvalue weighted by atomic mass is 10.0. The van der Waals surface area contributed by atoms with Crippen molar-refractivity contribution in [1.82, 2.24) is 5.32 Å². The number of carbonyl (C=O) groups is 1. The summed E-state index contributed by atoms with van der Waals surface area (Å²) < 4.78 is 23.6. The van der Waals surface area contributed by atoms with Crippen LogP contribution in [0.3, 0.4) is 0 Å². The number of aliphatic hydroxyl groups excluding tert-OH is 1. The Balaban J connectivity index is 4.03. The van der Waals surface area contributed by atoms with Crippen molar-refractivity contribution in [1.29, 1.82) is 0 Å². The number of phosphoric ester groups is 1. The molecule has 0 aliphatic rings. The molecule has 406 valence electrons. The second-order valence-corrected chi connectivity index (χ2v) is 21.4. The summed E-state index contributed by atoms with van der Waals surface area (Å²) in [6.07, 6.45) is 77.4. The highest BCUT2D eigenvalue weighted by molar-refractivity contribution is 7.47. The van der Waals surface area contributed by atoms with Gasteiger partial charge in [-0.25, -0.2) is 4.57 Å². The number of hydrogen-bond donors (Lipinski definition) is 3. The van der Waals surface area contributed by atoms with Crippen LogP contribution in [0.5, 0.6) is 0 Å². The van der Waals surface area contributed by atoms with E-state index >= 15 is 0 Å². The summed E-state index contributed by atoms with van der Waals surface area (Å²) in [6.45, 7) is 4.66. The van der Waals surface area contributed by atoms with E-state index in [9.17, 15) is 19.4 Å². The van der Waals surface area contributed by atoms with Crippen molar-refractivity contribution in [3.05, 3.63) is 122 Å². The molecule has 0 rings (SSSR count). The number of quaternary nitrogens is 1. The Morgan fingerprint density at radius 2 is 0.845 bits per heavy atom. The van der Waals surface area contributed by atoms with Crippen LogP contribution in [-0.2, 0) is 18.4 Å². The molecule has 0 aromatic rings. The molecular formula is C62H108N2O6P+. The van der Waals surface area contributed by atoms with E-state index in [-0.39, 0.29) is 19.1 Å². The highest BCUT2D eigenvalue weighted by Gasteiger charge is 2.27. The van der Waals surface area contributed by atoms with Gasteiger partial charge < -0.3 is 19.8 Å². The number of unbranched alkanes of at least 4 members (excludes halogenated alkanes) is 19. The van der Waals surface area contributed by atoms with Gasteiger partial charge in [-0.05, 0) is 89.9 Å². The van der Waals surface area contributed by atoms with Gasteiger partial charge in [-0.2, -0.15) is 0 Å². The molecule has 3 atom stereocenters. The maximum atomic E-state index is 12.9. The molecule has 3 N–H and O–H groups in total. The average molecular weight is 1010 g/mol. The van der Waals surface area contributed by atoms with Crippen LogP contribution >= 0.6 is 7.82 Å². The number of nitrogens with one attached hydrogen (secondary N) is 1. The first kappa shape index (κ1) is 67.9. The van der Waals surface area contributed by atoms with Gasteiger partial charge in [0.05, 0.1) is 39.9 Å². The van der Waals surface area contributed by atoms with Crippen LogP contribution in [0.25, 0.3) is 0 Å². The fraction of sp³-hybridized carbons (Fsp3) is 0.661. The fourth-order valence-corrected chi connectivity index (χ4v) is 8.24. The van der Waals surface area contributed by atoms with E-state index in [1.165, 1.54) is 96.3 Å². The van der Waals surface area contributed by atoms with Gasteiger partial charge in [0.2, 0.25) is 5.91 Å². The van der Waals surface area contributed by atoms with E-state index in [0.717, 1.165) is 96.3 Å². The van der Waals surface area contributed by atoms with Crippen LogP contribution in [0.4, 0.5) is 0 Å². The Labute approximate surface area is 437 Å². The van der Waals surface area contributed by atoms with Crippen molar-refractivity contribution in [3.8, 4) is 0 Å². The van der Waals surface area contributed by atoms with Crippen LogP contribution in [0.1, 0.15) is 213 Å². The number of nitrogens with zero attached hydrogens (tertiary/aromatic N) is 1. The van der Waals surface area contributed by atoms with Gasteiger partial charge in [0, 0.05) is 6.42 Å². The summed E-state index contributed by atoms with van der Waals surface area (Å²) in [5.74, 6) is -0.187. The highest BCUT2D eigenvalue weighted by atomic mass is 31.2. The summed E-state index contributed by atoms with van der Waals surface area (Å²) in [7, 11) is 1.55. The zero-order valence-corrected chi connectivity index (χ0v) is 47.1. The highest BCUT2D eigenvalue weighted by Crippen LogP contribution is 2.43. The first-order valence-corrected chi connectivity index (χ1v) is 29.9. The third kappa shape index (κ3) is 54.5. The fourth-order valence-electron chi connectivity index (χ4n) is 7.50. The summed E-state index contributed by atoms with van der Waals surface area (Å²) in [5, 5.41) is 13.8. The third-order valence-electron chi connectivity index (χ3n) is 11.9. The van der Waals surface area contributed by atoms with E-state index in [1.54, 1.807) is 6.08 Å². The standard InChI is InChI=1S/C62H107N2O6P/c1-6-8-10-12-14-16-18-19-20-21-22-23-24-25-26-27-28-29-30-31-32-33-34-35-36-37-38-39-40-41-42-43-44-45-46-48-50-52-54-56-62(66)63-60(59-70-71(67,68)69-58-57-64(3,4)5)61(65)55-53-51-49-47-17-15-13-11-9-7-2/h8,10,14,16,19-20,22-23,25-26,28-29,31-32,34-35,37-38,53,55,60-61,65H,6-7,9,11-13,15,17-18,21,24,27,30,33,36,39-52,54,56-59H2,1-5H3,(H-,63,66,67,68)/p+1/b10-8-,16-14-,20-19-,23-22-,26-25-,29-28-,32-31-,35-34-,38-37-,55-53+. The second kappa shape index (κ2) is 51.8. The average Bonchev–Trinajstić information content (AvgIpc) is 3.33. The van der Waals surface area contributed by atoms with Gasteiger partial charge in [0.15, 0.2) is 0 Å². The molecule has 0 aromatic carbocycles. The molecule has 1 amide bonds. The number of amides is 1. The van der Waals surface area contributed by atoms with Gasteiger partial charge >= 0.3 is 7.82 Å². The first-order valence-electron chi connectivity index (χ1n) is 28.4. The molecule has 8 nitrogen and oxygen atoms in total. The predicted molar refractivity (Wildman–Crippen MR) is 308 cm³/mol. The maximum absolute atomic E-state index is 12.9. The largest absolute Gasteiger partial charge is 0.472 e. The Morgan fingerprint density at radius 1 is 0.493 bits per heavy atom. The van der Waals surface area contributed by atoms with Crippen LogP contribution in [0.2, 0.25) is 0 Å². The molecule has 0 spiro atoms. The molecule has 0 saturated carbocycles. The Morgan fingerprint density at radius 3 is 1.24 bits per heavy atom. The molecule has 3 unspecified atom stereocenters. The van der Waals surface area contributed by atoms with Crippen molar-refractivity contribution < 1.29 is 32.9 Å². The molecule has 0 radical (unpaired) electrons. The summed E-state index contributed by atoms with van der Waals surface area (Å²) in [5.41, 5.74) is 0. The number of carbonyl (C=O) groups excluding carboxylic acids is 1. The van der Waals surface area contributed by atoms with Crippen molar-refractivity contribution in [2.24, 2.45) is 0 Å². The smallest absolute Gasteiger partial charge is 0.387 e. The number of phosphoric acid groups is 1. The normalized spacial score (nSPS) is 14.9. The van der Waals surface area contributed by atoms with Crippen LogP contribution in [0, 0.1) is 0 Å². The van der Waals surface area contributed by atoms with Crippen LogP contribution < -0.4 is 5.32 Å². The quantitative estimate of drug-likeness (QED) is 0.0243. The molecule has 0 aromatic heterocycles. The lowest BCUT2D eigenvalue weighted by Gasteiger charge is -2.25. The second-order valence-electron chi connectivity index (χ2n) is 19.9. The van der Waals surface area contributed by atoms with Crippen molar-refractivity contribution in [2.45, 2.75) is 225 Å². The number of aliphatic hydroxyl groups is 1. The monoisotopic (exact) mass is 1010 g/mol. The maximum Gasteiger partial charge on any atom is 0.472 e. The van der Waals surface area contributed by atoms with Gasteiger partial charge in [-0.3, -0.25) is 13.8 Å². The van der Waals surface area contributed by atoms with Gasteiger partial charge in [-0.1, -0.05) is 238 Å². The SMILES string of the molecule is CC/C=C\C/C=C\C/C=C\C/C=C\C/C=C\C/C=C\C/C=C\C/C=C\C/C=C\CCCCCCCCCCCCCC(=O)NC(COP(=O)(O)OCC[N+](C)(C)C)C(O)/C=C/CCCCCCCCCC. The Hall–Kier alpha value is -3.10. The predicted octanol–water partition coefficient (Wildman–Crippen LogP) is 17.4. The summed E-state index contributed by atoms with van der Waals surface area (Å²) in [6, 6.07) is -0.853. The third-order valence-corrected chi connectivity index (χ3v) is 12.9. The molecule has 0 bridgehead atoms. The minimum atomic E-state index is -4.35. The van der Waals surface area contributed by atoms with Gasteiger partial charge in [-0.15, -0.1) is 0 Å². The molecular weight excluding hydrogens is 900 g/mol. The summed E-state index contributed by atoms with van der Waals surface area (Å²) >= 11 is 0. The topological polar surface area (TPSA) is 105 Å². The molecule has 71 heavy (non-hydrogen) atoms. The zero-order valence-electron chi connectivity index (χ0n) is 46.2. The van der Waals surface area contributed by atoms with Gasteiger partial charge in [0.25, 0.3) is 0 Å². The molecule has 0 aliphatic carbocycles. The minimum Gasteiger partial charge on any atom is -0.387 e. The van der Waals surface area contributed by atoms with Crippen LogP contribution in [0.15, 0.2) is 122 Å². The van der Waals surface area contributed by atoms with Crippen LogP contribution in [-0.4, -0.2) is 73.4 Å². The van der Waals surface area contributed by atoms with Gasteiger partial charge in [0.1, 0.15) is 13.2 Å². The molecule has 0 aliphatic heterocycles. The summed E-state index contributed by atoms with van der Waals surface area (Å²) in [4.78, 5) is 23.2.